The standard InChI is InChI=1S/C27H22ClNO4/c1-2-17-11-13-22-25(31)29(20-10-6-9-19(28)15-20)26(32)27(22,18-7-4-3-5-8-18)24(17)23-14-12-21(16-30)33-23/h2-12,14-15,22,24,30H,1,13,16H2. The molecule has 5 rings (SSSR count). The van der Waals surface area contributed by atoms with Crippen LogP contribution in [0.15, 0.2) is 95.5 Å². The Kier molecular flexibility index (Phi) is 5.31. The fourth-order valence-corrected chi connectivity index (χ4v) is 5.50. The molecule has 2 amide bonds. The predicted octanol–water partition coefficient (Wildman–Crippen LogP) is 5.15. The number of fused-ring (bicyclic) bond motifs is 1. The number of benzene rings is 2. The third-order valence-electron chi connectivity index (χ3n) is 6.68. The molecule has 5 nitrogen and oxygen atoms in total. The molecule has 1 N–H and O–H groups in total. The first kappa shape index (κ1) is 21.4. The number of carbonyl (C=O) groups is 2. The monoisotopic (exact) mass is 459 g/mol. The van der Waals surface area contributed by atoms with E-state index in [1.54, 1.807) is 42.5 Å². The summed E-state index contributed by atoms with van der Waals surface area (Å²) < 4.78 is 5.96. The summed E-state index contributed by atoms with van der Waals surface area (Å²) in [6, 6.07) is 19.6. The first-order valence-electron chi connectivity index (χ1n) is 10.7. The molecular weight excluding hydrogens is 438 g/mol. The highest BCUT2D eigenvalue weighted by Crippen LogP contribution is 2.58. The van der Waals surface area contributed by atoms with Gasteiger partial charge in [-0.2, -0.15) is 0 Å². The molecule has 3 unspecified atom stereocenters. The Balaban J connectivity index is 1.79. The van der Waals surface area contributed by atoms with E-state index in [9.17, 15) is 14.7 Å². The molecule has 166 valence electrons. The van der Waals surface area contributed by atoms with E-state index >= 15 is 0 Å². The summed E-state index contributed by atoms with van der Waals surface area (Å²) in [6.45, 7) is 3.71. The average molecular weight is 460 g/mol. The van der Waals surface area contributed by atoms with E-state index in [-0.39, 0.29) is 18.4 Å². The van der Waals surface area contributed by atoms with Crippen molar-refractivity contribution < 1.29 is 19.1 Å². The number of aliphatic hydroxyl groups is 1. The van der Waals surface area contributed by atoms with Crippen LogP contribution in [-0.4, -0.2) is 16.9 Å². The van der Waals surface area contributed by atoms with Crippen LogP contribution >= 0.6 is 11.6 Å². The Labute approximate surface area is 196 Å². The molecule has 0 spiro atoms. The number of aliphatic hydroxyl groups excluding tert-OH is 1. The number of amides is 2. The summed E-state index contributed by atoms with van der Waals surface area (Å²) >= 11 is 6.20. The SMILES string of the molecule is C=CC1=CCC2C(=O)N(c3cccc(Cl)c3)C(=O)C2(c2ccccc2)C1c1ccc(CO)o1. The van der Waals surface area contributed by atoms with Crippen molar-refractivity contribution in [2.45, 2.75) is 24.4 Å². The molecular formula is C27H22ClNO4. The van der Waals surface area contributed by atoms with E-state index in [1.165, 1.54) is 4.90 Å². The number of carbonyl (C=O) groups excluding carboxylic acids is 2. The minimum atomic E-state index is -1.23. The maximum Gasteiger partial charge on any atom is 0.246 e. The largest absolute Gasteiger partial charge is 0.463 e. The van der Waals surface area contributed by atoms with Crippen molar-refractivity contribution in [1.82, 2.24) is 0 Å². The Morgan fingerprint density at radius 1 is 1.12 bits per heavy atom. The number of nitrogens with zero attached hydrogens (tertiary/aromatic N) is 1. The summed E-state index contributed by atoms with van der Waals surface area (Å²) in [6.07, 6.45) is 4.06. The predicted molar refractivity (Wildman–Crippen MR) is 126 cm³/mol. The molecule has 1 aliphatic carbocycles. The molecule has 6 heteroatoms. The minimum Gasteiger partial charge on any atom is -0.463 e. The fourth-order valence-electron chi connectivity index (χ4n) is 5.32. The van der Waals surface area contributed by atoms with Crippen molar-refractivity contribution in [3.05, 3.63) is 113 Å². The Morgan fingerprint density at radius 3 is 2.58 bits per heavy atom. The average Bonchev–Trinajstić information content (AvgIpc) is 3.40. The number of hydrogen-bond donors (Lipinski definition) is 1. The zero-order valence-electron chi connectivity index (χ0n) is 17.8. The highest BCUT2D eigenvalue weighted by atomic mass is 35.5. The highest BCUT2D eigenvalue weighted by Gasteiger charge is 2.66. The molecule has 1 fully saturated rings. The number of anilines is 1. The van der Waals surface area contributed by atoms with E-state index in [0.717, 1.165) is 11.1 Å². The van der Waals surface area contributed by atoms with Crippen molar-refractivity contribution in [1.29, 1.82) is 0 Å². The molecule has 0 bridgehead atoms. The Hall–Kier alpha value is -3.41. The number of allylic oxidation sites excluding steroid dienone is 3. The lowest BCUT2D eigenvalue weighted by atomic mass is 9.57. The summed E-state index contributed by atoms with van der Waals surface area (Å²) in [5.41, 5.74) is 0.751. The van der Waals surface area contributed by atoms with Gasteiger partial charge in [0.15, 0.2) is 0 Å². The number of rotatable bonds is 5. The molecule has 0 radical (unpaired) electrons. The number of hydrogen-bond acceptors (Lipinski definition) is 4. The maximum absolute atomic E-state index is 14.4. The second kappa shape index (κ2) is 8.18. The van der Waals surface area contributed by atoms with Gasteiger partial charge in [-0.05, 0) is 47.9 Å². The van der Waals surface area contributed by atoms with Gasteiger partial charge in [0.2, 0.25) is 11.8 Å². The van der Waals surface area contributed by atoms with Gasteiger partial charge in [-0.15, -0.1) is 0 Å². The van der Waals surface area contributed by atoms with Crippen LogP contribution in [-0.2, 0) is 21.6 Å². The molecule has 2 aliphatic rings. The van der Waals surface area contributed by atoms with Crippen molar-refractivity contribution in [2.24, 2.45) is 5.92 Å². The fraction of sp³-hybridized carbons (Fsp3) is 0.185. The number of halogens is 1. The number of imide groups is 1. The molecule has 1 saturated heterocycles. The molecule has 2 aromatic carbocycles. The van der Waals surface area contributed by atoms with Crippen molar-refractivity contribution in [3.63, 3.8) is 0 Å². The lowest BCUT2D eigenvalue weighted by Crippen LogP contribution is -2.48. The summed E-state index contributed by atoms with van der Waals surface area (Å²) in [4.78, 5) is 29.5. The molecule has 0 saturated carbocycles. The Bertz CT molecular complexity index is 1280. The van der Waals surface area contributed by atoms with Gasteiger partial charge in [-0.3, -0.25) is 9.59 Å². The van der Waals surface area contributed by atoms with Crippen LogP contribution in [0.5, 0.6) is 0 Å². The van der Waals surface area contributed by atoms with E-state index < -0.39 is 17.3 Å². The van der Waals surface area contributed by atoms with Gasteiger partial charge in [0.1, 0.15) is 23.5 Å². The zero-order chi connectivity index (χ0) is 23.2. The maximum atomic E-state index is 14.4. The second-order valence-corrected chi connectivity index (χ2v) is 8.72. The van der Waals surface area contributed by atoms with Crippen molar-refractivity contribution in [3.8, 4) is 0 Å². The molecule has 1 aromatic heterocycles. The van der Waals surface area contributed by atoms with Crippen LogP contribution in [0.3, 0.4) is 0 Å². The van der Waals surface area contributed by atoms with E-state index in [1.807, 2.05) is 36.4 Å². The van der Waals surface area contributed by atoms with Gasteiger partial charge in [0.05, 0.1) is 17.5 Å². The summed E-state index contributed by atoms with van der Waals surface area (Å²) in [5.74, 6) is -0.926. The topological polar surface area (TPSA) is 70.8 Å². The smallest absolute Gasteiger partial charge is 0.246 e. The van der Waals surface area contributed by atoms with Crippen molar-refractivity contribution >= 4 is 29.1 Å². The van der Waals surface area contributed by atoms with Crippen LogP contribution in [0.1, 0.15) is 29.4 Å². The molecule has 33 heavy (non-hydrogen) atoms. The van der Waals surface area contributed by atoms with E-state index in [4.69, 9.17) is 16.0 Å². The second-order valence-electron chi connectivity index (χ2n) is 8.29. The van der Waals surface area contributed by atoms with Gasteiger partial charge in [0.25, 0.3) is 0 Å². The van der Waals surface area contributed by atoms with Gasteiger partial charge < -0.3 is 9.52 Å². The minimum absolute atomic E-state index is 0.261. The van der Waals surface area contributed by atoms with Gasteiger partial charge >= 0.3 is 0 Å². The van der Waals surface area contributed by atoms with E-state index in [0.29, 0.717) is 28.7 Å². The zero-order valence-corrected chi connectivity index (χ0v) is 18.5. The quantitative estimate of drug-likeness (QED) is 0.535. The lowest BCUT2D eigenvalue weighted by Gasteiger charge is -2.42. The lowest BCUT2D eigenvalue weighted by molar-refractivity contribution is -0.123. The third kappa shape index (κ3) is 3.11. The van der Waals surface area contributed by atoms with Gasteiger partial charge in [-0.25, -0.2) is 4.90 Å². The normalized spacial score (nSPS) is 24.5. The van der Waals surface area contributed by atoms with Crippen LogP contribution in [0.2, 0.25) is 5.02 Å². The molecule has 1 aliphatic heterocycles. The molecule has 3 aromatic rings. The van der Waals surface area contributed by atoms with Crippen LogP contribution in [0.25, 0.3) is 0 Å². The first-order valence-corrected chi connectivity index (χ1v) is 11.1. The Morgan fingerprint density at radius 2 is 1.91 bits per heavy atom. The summed E-state index contributed by atoms with van der Waals surface area (Å²) in [5, 5.41) is 10.0. The highest BCUT2D eigenvalue weighted by molar-refractivity contribution is 6.32. The van der Waals surface area contributed by atoms with Gasteiger partial charge in [0, 0.05) is 5.02 Å². The van der Waals surface area contributed by atoms with Crippen molar-refractivity contribution in [2.75, 3.05) is 4.90 Å². The number of furan rings is 1. The molecule has 2 heterocycles. The van der Waals surface area contributed by atoms with Crippen LogP contribution in [0.4, 0.5) is 5.69 Å². The van der Waals surface area contributed by atoms with E-state index in [2.05, 4.69) is 6.58 Å². The first-order chi connectivity index (χ1) is 16.0. The van der Waals surface area contributed by atoms with Crippen LogP contribution < -0.4 is 4.90 Å². The molecule has 3 atom stereocenters. The van der Waals surface area contributed by atoms with Crippen LogP contribution in [0, 0.1) is 5.92 Å². The third-order valence-corrected chi connectivity index (χ3v) is 6.91. The van der Waals surface area contributed by atoms with Gasteiger partial charge in [-0.1, -0.05) is 66.7 Å². The summed E-state index contributed by atoms with van der Waals surface area (Å²) in [7, 11) is 0.